The van der Waals surface area contributed by atoms with Crippen LogP contribution < -0.4 is 0 Å². The molecule has 0 saturated heterocycles. The molecule has 0 aliphatic heterocycles. The summed E-state index contributed by atoms with van der Waals surface area (Å²) < 4.78 is 12.5. The Bertz CT molecular complexity index is 5590. The van der Waals surface area contributed by atoms with Gasteiger partial charge in [-0.05, 0) is 197 Å². The molecule has 0 radical (unpaired) electrons. The summed E-state index contributed by atoms with van der Waals surface area (Å²) in [7, 11) is 0. The minimum atomic E-state index is -0.347. The van der Waals surface area contributed by atoms with E-state index in [1.54, 1.807) is 79.0 Å². The van der Waals surface area contributed by atoms with Gasteiger partial charge in [-0.15, -0.1) is 85.8 Å². The van der Waals surface area contributed by atoms with Crippen LogP contribution in [0.4, 0.5) is 4.39 Å². The van der Waals surface area contributed by atoms with Gasteiger partial charge in [-0.25, -0.2) is 49.2 Å². The molecule has 8 aromatic carbocycles. The molecule has 0 aliphatic carbocycles. The lowest BCUT2D eigenvalue weighted by Crippen LogP contribution is -1.84. The third-order valence-electron chi connectivity index (χ3n) is 14.6. The zero-order valence-electron chi connectivity index (χ0n) is 62.9. The van der Waals surface area contributed by atoms with E-state index in [4.69, 9.17) is 0 Å². The van der Waals surface area contributed by atoms with Gasteiger partial charge in [-0.3, -0.25) is 4.98 Å². The molecule has 0 fully saturated rings. The third-order valence-corrected chi connectivity index (χ3v) is 15.6. The van der Waals surface area contributed by atoms with Gasteiger partial charge in [-0.1, -0.05) is 230 Å². The topological polar surface area (TPSA) is 129 Å². The number of halogens is 7. The molecule has 0 N–H and O–H groups in total. The average molecular weight is 1680 g/mol. The minimum Gasteiger partial charge on any atom is -0.260 e. The van der Waals surface area contributed by atoms with E-state index in [0.717, 1.165) is 84.6 Å². The fourth-order valence-electron chi connectivity index (χ4n) is 9.06. The second kappa shape index (κ2) is 57.6. The number of nitrogens with zero attached hydrogens (tertiary/aromatic N) is 10. The minimum absolute atomic E-state index is 0. The standard InChI is InChI=1S/C19H13N.C17H11NS.C15H11N.C13H8FN.3C12H8N2.6ClH/c1-3-7-16(8-4-1)11-13-19-14-12-18(15-20-19)17-9-5-2-6-10-17;1-2-5-14(6-3-1)8-10-16-11-9-15(13-18-16)17-7-4-12-19-17;1-2-13-8-10-15(16-12-13)11-9-14-6-4-3-5-7-14;14-12-7-9-13(15-10-12)8-6-11-4-2-1-3-5-11;1-2-5-11(6-3-1)7-8-12-13-9-4-10-14-12;1-2-4-11(5-3-1)6-7-12-10-13-8-9-14-12;1-2-4-11(5-3-1)6-7-12-8-9-13-10-14-12;;;;;;/h1-10,12,14-15H;1-7,9,11-13H;2-8,10,12H,1H2;1-5,7,9-10H;1-6,9-10H;2*1-5,8-10H;6*1H. The van der Waals surface area contributed by atoms with Crippen molar-refractivity contribution in [2.24, 2.45) is 0 Å². The molecule has 16 aromatic rings. The monoisotopic (exact) mass is 1670 g/mol. The Labute approximate surface area is 730 Å². The number of benzene rings is 8. The van der Waals surface area contributed by atoms with E-state index >= 15 is 0 Å². The molecule has 0 aliphatic rings. The molecule has 8 aromatic heterocycles. The largest absolute Gasteiger partial charge is 0.260 e. The Balaban J connectivity index is 0.000000288. The smallest absolute Gasteiger partial charge is 0.205 e. The number of rotatable bonds is 3. The number of pyridine rings is 4. The summed E-state index contributed by atoms with van der Waals surface area (Å²) in [5, 5.41) is 2.07. The van der Waals surface area contributed by atoms with E-state index in [9.17, 15) is 4.39 Å². The summed E-state index contributed by atoms with van der Waals surface area (Å²) in [6.07, 6.45) is 19.9. The fourth-order valence-corrected chi connectivity index (χ4v) is 9.78. The van der Waals surface area contributed by atoms with Crippen LogP contribution in [0.1, 0.15) is 84.5 Å². The molecule has 0 saturated carbocycles. The van der Waals surface area contributed by atoms with Crippen LogP contribution in [0.25, 0.3) is 27.6 Å². The van der Waals surface area contributed by atoms with Gasteiger partial charge < -0.3 is 0 Å². The Morgan fingerprint density at radius 2 is 0.610 bits per heavy atom. The molecular weight excluding hydrogens is 1600 g/mol. The quantitative estimate of drug-likeness (QED) is 0.158. The number of thiophene rings is 1. The number of hydrogen-bond donors (Lipinski definition) is 0. The van der Waals surface area contributed by atoms with Crippen LogP contribution >= 0.6 is 85.8 Å². The summed E-state index contributed by atoms with van der Waals surface area (Å²) in [6.45, 7) is 3.68. The lowest BCUT2D eigenvalue weighted by molar-refractivity contribution is 0.621. The zero-order chi connectivity index (χ0) is 77.2. The van der Waals surface area contributed by atoms with E-state index in [-0.39, 0.29) is 80.3 Å². The highest BCUT2D eigenvalue weighted by molar-refractivity contribution is 7.13. The van der Waals surface area contributed by atoms with Crippen molar-refractivity contribution in [1.82, 2.24) is 49.8 Å². The Hall–Kier alpha value is -14.4. The number of aromatic nitrogens is 10. The molecule has 16 rings (SSSR count). The third kappa shape index (κ3) is 37.5. The lowest BCUT2D eigenvalue weighted by Gasteiger charge is -2.00. The van der Waals surface area contributed by atoms with Gasteiger partial charge in [0.2, 0.25) is 5.82 Å². The first-order chi connectivity index (χ1) is 55.4. The van der Waals surface area contributed by atoms with Crippen LogP contribution in [0.2, 0.25) is 0 Å². The molecule has 18 heteroatoms. The van der Waals surface area contributed by atoms with E-state index in [1.165, 1.54) is 22.8 Å². The molecule has 0 bridgehead atoms. The molecule has 10 nitrogen and oxygen atoms in total. The van der Waals surface area contributed by atoms with Crippen molar-refractivity contribution in [2.75, 3.05) is 0 Å². The van der Waals surface area contributed by atoms with Gasteiger partial charge in [0.25, 0.3) is 0 Å². The second-order valence-electron chi connectivity index (χ2n) is 22.8. The van der Waals surface area contributed by atoms with Crippen molar-refractivity contribution in [3.05, 3.63) is 486 Å². The predicted octanol–water partition coefficient (Wildman–Crippen LogP) is 22.3. The maximum atomic E-state index is 12.5. The molecule has 8 heterocycles. The number of hydrogen-bond acceptors (Lipinski definition) is 11. The van der Waals surface area contributed by atoms with E-state index in [2.05, 4.69) is 175 Å². The highest BCUT2D eigenvalue weighted by Crippen LogP contribution is 2.24. The first kappa shape index (κ1) is 96.0. The van der Waals surface area contributed by atoms with Gasteiger partial charge in [-0.2, -0.15) is 0 Å². The first-order valence-corrected chi connectivity index (χ1v) is 35.8. The molecule has 578 valence electrons. The molecule has 0 atom stereocenters. The normalized spacial score (nSPS) is 8.72. The summed E-state index contributed by atoms with van der Waals surface area (Å²) in [5.41, 5.74) is 15.6. The van der Waals surface area contributed by atoms with Crippen molar-refractivity contribution >= 4 is 91.9 Å². The second-order valence-corrected chi connectivity index (χ2v) is 23.8. The summed E-state index contributed by atoms with van der Waals surface area (Å²) in [6, 6.07) is 101. The summed E-state index contributed by atoms with van der Waals surface area (Å²) >= 11 is 1.72. The van der Waals surface area contributed by atoms with E-state index in [0.29, 0.717) is 17.2 Å². The van der Waals surface area contributed by atoms with Crippen LogP contribution in [0.15, 0.2) is 396 Å². The highest BCUT2D eigenvalue weighted by atomic mass is 35.5. The first-order valence-electron chi connectivity index (χ1n) is 34.9. The Kier molecular flexibility index (Phi) is 46.9. The van der Waals surface area contributed by atoms with Gasteiger partial charge in [0.1, 0.15) is 46.3 Å². The van der Waals surface area contributed by atoms with Crippen molar-refractivity contribution in [1.29, 1.82) is 0 Å². The zero-order valence-corrected chi connectivity index (χ0v) is 68.7. The molecule has 0 spiro atoms. The SMILES string of the molecule is C(#Cc1ccc(-c2ccccc2)cn1)c1ccccc1.C(#Cc1ccc(-c2cccs2)cn1)c1ccccc1.C(#Cc1ccncn1)c1ccccc1.C(#Cc1cnccn1)c1ccccc1.C(#Cc1ncccn1)c1ccccc1.C=Cc1ccc(C#Cc2ccccc2)nc1.Cl.Cl.Cl.Cl.Cl.Cl.Fc1ccc(C#Cc2ccccc2)nc1. The van der Waals surface area contributed by atoms with Crippen molar-refractivity contribution in [3.8, 4) is 104 Å². The van der Waals surface area contributed by atoms with Gasteiger partial charge in [0, 0.05) is 105 Å². The Morgan fingerprint density at radius 1 is 0.246 bits per heavy atom. The van der Waals surface area contributed by atoms with Crippen LogP contribution in [0, 0.1) is 88.7 Å². The maximum Gasteiger partial charge on any atom is 0.205 e. The maximum absolute atomic E-state index is 12.5. The van der Waals surface area contributed by atoms with Crippen molar-refractivity contribution < 1.29 is 4.39 Å². The predicted molar refractivity (Wildman–Crippen MR) is 492 cm³/mol. The summed E-state index contributed by atoms with van der Waals surface area (Å²) in [4.78, 5) is 41.9. The lowest BCUT2D eigenvalue weighted by atomic mass is 10.1. The van der Waals surface area contributed by atoms with Gasteiger partial charge in [0.15, 0.2) is 0 Å². The van der Waals surface area contributed by atoms with Crippen molar-refractivity contribution in [3.63, 3.8) is 0 Å². The summed E-state index contributed by atoms with van der Waals surface area (Å²) in [5.74, 6) is 42.3. The van der Waals surface area contributed by atoms with Crippen molar-refractivity contribution in [2.45, 2.75) is 0 Å². The van der Waals surface area contributed by atoms with Crippen LogP contribution in [0.3, 0.4) is 0 Å². The van der Waals surface area contributed by atoms with Gasteiger partial charge in [0.05, 0.1) is 12.4 Å². The molecule has 118 heavy (non-hydrogen) atoms. The fraction of sp³-hybridized carbons (Fsp3) is 0. The Morgan fingerprint density at radius 3 is 0.941 bits per heavy atom. The van der Waals surface area contributed by atoms with Crippen LogP contribution in [-0.2, 0) is 0 Å². The molecule has 0 amide bonds. The van der Waals surface area contributed by atoms with E-state index in [1.807, 2.05) is 273 Å². The van der Waals surface area contributed by atoms with Gasteiger partial charge >= 0.3 is 0 Å². The molecule has 0 unspecified atom stereocenters. The van der Waals surface area contributed by atoms with Crippen LogP contribution in [-0.4, -0.2) is 49.8 Å². The van der Waals surface area contributed by atoms with Crippen LogP contribution in [0.5, 0.6) is 0 Å². The molecular formula is C100H73Cl6FN10S. The van der Waals surface area contributed by atoms with E-state index < -0.39 is 0 Å². The average Bonchev–Trinajstić information content (AvgIpc) is 1.42. The highest BCUT2D eigenvalue weighted by Gasteiger charge is 2.01.